The third-order valence-electron chi connectivity index (χ3n) is 6.20. The van der Waals surface area contributed by atoms with Crippen molar-refractivity contribution in [1.82, 2.24) is 10.3 Å². The summed E-state index contributed by atoms with van der Waals surface area (Å²) in [7, 11) is -4.01. The quantitative estimate of drug-likeness (QED) is 0.286. The summed E-state index contributed by atoms with van der Waals surface area (Å²) in [6.45, 7) is -0.273. The van der Waals surface area contributed by atoms with Crippen molar-refractivity contribution in [3.8, 4) is 0 Å². The second kappa shape index (κ2) is 9.98. The van der Waals surface area contributed by atoms with Gasteiger partial charge in [-0.25, -0.2) is 17.7 Å². The van der Waals surface area contributed by atoms with E-state index >= 15 is 0 Å². The number of rotatable bonds is 7. The van der Waals surface area contributed by atoms with E-state index in [1.807, 2.05) is 0 Å². The third kappa shape index (κ3) is 4.57. The Kier molecular flexibility index (Phi) is 6.56. The average Bonchev–Trinajstić information content (AvgIpc) is 3.19. The van der Waals surface area contributed by atoms with Gasteiger partial charge in [0.15, 0.2) is 9.84 Å². The van der Waals surface area contributed by atoms with Crippen LogP contribution in [0.1, 0.15) is 41.9 Å². The minimum Gasteiger partial charge on any atom is -0.350 e. The number of hydrogen-bond acceptors (Lipinski definition) is 6. The number of halogens is 1. The van der Waals surface area contributed by atoms with Crippen LogP contribution in [0.5, 0.6) is 0 Å². The molecule has 1 N–H and O–H groups in total. The summed E-state index contributed by atoms with van der Waals surface area (Å²) in [5.41, 5.74) is 1.48. The first-order valence-corrected chi connectivity index (χ1v) is 13.1. The molecule has 1 aromatic heterocycles. The summed E-state index contributed by atoms with van der Waals surface area (Å²) >= 11 is 0. The van der Waals surface area contributed by atoms with Gasteiger partial charge >= 0.3 is 0 Å². The second-order valence-electron chi connectivity index (χ2n) is 8.52. The maximum absolute atomic E-state index is 13.4. The van der Waals surface area contributed by atoms with Gasteiger partial charge < -0.3 is 5.32 Å². The van der Waals surface area contributed by atoms with Crippen LogP contribution in [0.15, 0.2) is 102 Å². The number of nitrogens with one attached hydrogen (secondary N) is 1. The Balaban J connectivity index is 1.34. The minimum absolute atomic E-state index is 0.0905. The van der Waals surface area contributed by atoms with Crippen LogP contribution in [-0.2, 0) is 9.84 Å². The molecular weight excluding hydrogens is 509 g/mol. The zero-order valence-corrected chi connectivity index (χ0v) is 20.6. The van der Waals surface area contributed by atoms with E-state index in [2.05, 4.69) is 10.3 Å². The number of hydrogen-bond donors (Lipinski definition) is 1. The highest BCUT2D eigenvalue weighted by molar-refractivity contribution is 7.91. The van der Waals surface area contributed by atoms with Crippen molar-refractivity contribution in [3.63, 3.8) is 0 Å². The van der Waals surface area contributed by atoms with Crippen LogP contribution >= 0.6 is 0 Å². The predicted octanol–water partition coefficient (Wildman–Crippen LogP) is 3.97. The fourth-order valence-electron chi connectivity index (χ4n) is 4.23. The Labute approximate surface area is 217 Å². The molecule has 38 heavy (non-hydrogen) atoms. The molecule has 190 valence electrons. The number of imide groups is 1. The number of aromatic nitrogens is 1. The van der Waals surface area contributed by atoms with Crippen LogP contribution in [0.4, 0.5) is 10.1 Å². The van der Waals surface area contributed by atoms with Crippen molar-refractivity contribution in [1.29, 1.82) is 0 Å². The molecule has 1 atom stereocenters. The number of anilines is 1. The number of fused-ring (bicyclic) bond motifs is 1. The topological polar surface area (TPSA) is 114 Å². The van der Waals surface area contributed by atoms with E-state index < -0.39 is 38.6 Å². The highest BCUT2D eigenvalue weighted by Gasteiger charge is 2.36. The first-order chi connectivity index (χ1) is 18.3. The van der Waals surface area contributed by atoms with Crippen LogP contribution in [0.2, 0.25) is 0 Å². The number of pyridine rings is 1. The average molecular weight is 530 g/mol. The van der Waals surface area contributed by atoms with Gasteiger partial charge in [0.2, 0.25) is 0 Å². The molecule has 1 unspecified atom stereocenters. The van der Waals surface area contributed by atoms with Crippen molar-refractivity contribution in [2.45, 2.75) is 10.1 Å². The van der Waals surface area contributed by atoms with E-state index in [-0.39, 0.29) is 17.0 Å². The molecule has 1 aliphatic rings. The van der Waals surface area contributed by atoms with Crippen LogP contribution in [-0.4, -0.2) is 37.7 Å². The van der Waals surface area contributed by atoms with Gasteiger partial charge in [0.1, 0.15) is 11.1 Å². The van der Waals surface area contributed by atoms with Gasteiger partial charge in [-0.1, -0.05) is 18.2 Å². The van der Waals surface area contributed by atoms with Crippen molar-refractivity contribution < 1.29 is 27.2 Å². The van der Waals surface area contributed by atoms with E-state index in [1.165, 1.54) is 48.8 Å². The van der Waals surface area contributed by atoms with E-state index in [1.54, 1.807) is 36.4 Å². The number of benzene rings is 3. The van der Waals surface area contributed by atoms with Crippen molar-refractivity contribution in [2.75, 3.05) is 11.4 Å². The Bertz CT molecular complexity index is 1610. The molecule has 10 heteroatoms. The maximum atomic E-state index is 13.4. The highest BCUT2D eigenvalue weighted by atomic mass is 32.2. The lowest BCUT2D eigenvalue weighted by molar-refractivity contribution is 0.0923. The zero-order valence-electron chi connectivity index (χ0n) is 19.7. The van der Waals surface area contributed by atoms with Crippen molar-refractivity contribution in [2.24, 2.45) is 0 Å². The summed E-state index contributed by atoms with van der Waals surface area (Å²) in [6, 6.07) is 20.0. The molecule has 3 aromatic carbocycles. The molecule has 0 spiro atoms. The van der Waals surface area contributed by atoms with Crippen molar-refractivity contribution >= 4 is 33.2 Å². The fourth-order valence-corrected chi connectivity index (χ4v) is 5.88. The lowest BCUT2D eigenvalue weighted by Crippen LogP contribution is -2.32. The lowest BCUT2D eigenvalue weighted by Gasteiger charge is -2.19. The summed E-state index contributed by atoms with van der Waals surface area (Å²) < 4.78 is 40.1. The molecule has 0 aliphatic carbocycles. The second-order valence-corrected chi connectivity index (χ2v) is 10.7. The summed E-state index contributed by atoms with van der Waals surface area (Å²) in [4.78, 5) is 43.3. The number of sulfone groups is 1. The highest BCUT2D eigenvalue weighted by Crippen LogP contribution is 2.30. The number of nitrogens with zero attached hydrogens (tertiary/aromatic N) is 2. The van der Waals surface area contributed by atoms with Gasteiger partial charge in [0.05, 0.1) is 21.7 Å². The normalized spacial score (nSPS) is 13.8. The minimum atomic E-state index is -4.01. The largest absolute Gasteiger partial charge is 0.350 e. The van der Waals surface area contributed by atoms with E-state index in [0.29, 0.717) is 22.4 Å². The number of amides is 3. The van der Waals surface area contributed by atoms with Gasteiger partial charge in [-0.2, -0.15) is 0 Å². The number of carbonyl (C=O) groups excluding carboxylic acids is 3. The third-order valence-corrected chi connectivity index (χ3v) is 8.32. The molecule has 0 saturated carbocycles. The first-order valence-electron chi connectivity index (χ1n) is 11.5. The lowest BCUT2D eigenvalue weighted by atomic mass is 10.1. The molecule has 3 amide bonds. The zero-order chi connectivity index (χ0) is 26.9. The van der Waals surface area contributed by atoms with Gasteiger partial charge in [-0.3, -0.25) is 19.4 Å². The Morgan fingerprint density at radius 3 is 2.08 bits per heavy atom. The van der Waals surface area contributed by atoms with Crippen LogP contribution in [0.25, 0.3) is 0 Å². The number of carbonyl (C=O) groups is 3. The van der Waals surface area contributed by atoms with Gasteiger partial charge in [0.25, 0.3) is 17.7 Å². The first kappa shape index (κ1) is 25.0. The molecule has 4 aromatic rings. The fraction of sp³-hybridized carbons (Fsp3) is 0.0714. The summed E-state index contributed by atoms with van der Waals surface area (Å²) in [5, 5.41) is 1.46. The SMILES string of the molecule is O=C(NCC(c1cccnc1)S(=O)(=O)c1ccc(F)cc1)c1ccc(N2C(=O)c3ccccc3C2=O)cc1. The molecule has 0 bridgehead atoms. The van der Waals surface area contributed by atoms with Gasteiger partial charge in [-0.15, -0.1) is 0 Å². The predicted molar refractivity (Wildman–Crippen MR) is 137 cm³/mol. The summed E-state index contributed by atoms with van der Waals surface area (Å²) in [5.74, 6) is -2.02. The van der Waals surface area contributed by atoms with E-state index in [0.717, 1.165) is 17.0 Å². The van der Waals surface area contributed by atoms with Crippen LogP contribution in [0, 0.1) is 5.82 Å². The summed E-state index contributed by atoms with van der Waals surface area (Å²) in [6.07, 6.45) is 2.90. The Morgan fingerprint density at radius 2 is 1.50 bits per heavy atom. The molecule has 2 heterocycles. The van der Waals surface area contributed by atoms with Crippen LogP contribution < -0.4 is 10.2 Å². The molecule has 0 fully saturated rings. The molecule has 8 nitrogen and oxygen atoms in total. The van der Waals surface area contributed by atoms with E-state index in [9.17, 15) is 27.2 Å². The van der Waals surface area contributed by atoms with Crippen molar-refractivity contribution in [3.05, 3.63) is 125 Å². The Morgan fingerprint density at radius 1 is 0.868 bits per heavy atom. The van der Waals surface area contributed by atoms with E-state index in [4.69, 9.17) is 0 Å². The molecular formula is C28H20FN3O5S. The maximum Gasteiger partial charge on any atom is 0.266 e. The monoisotopic (exact) mass is 529 g/mol. The van der Waals surface area contributed by atoms with Gasteiger partial charge in [-0.05, 0) is 72.3 Å². The van der Waals surface area contributed by atoms with Crippen LogP contribution in [0.3, 0.4) is 0 Å². The molecule has 1 aliphatic heterocycles. The standard InChI is InChI=1S/C28H20FN3O5S/c29-20-9-13-22(14-10-20)38(36,37)25(19-4-3-15-30-16-19)17-31-26(33)18-7-11-21(12-8-18)32-27(34)23-5-1-2-6-24(23)28(32)35/h1-16,25H,17H2,(H,31,33). The Hall–Kier alpha value is -4.70. The molecule has 0 radical (unpaired) electrons. The smallest absolute Gasteiger partial charge is 0.266 e. The van der Waals surface area contributed by atoms with Gasteiger partial charge in [0, 0.05) is 24.5 Å². The molecule has 0 saturated heterocycles. The molecule has 5 rings (SSSR count).